The van der Waals surface area contributed by atoms with E-state index in [0.717, 1.165) is 23.5 Å². The van der Waals surface area contributed by atoms with Gasteiger partial charge in [-0.05, 0) is 40.5 Å². The SMILES string of the molecule is CCc1nc(CNC(=O)N[C@@H]2CC(C)(C)OC2(C)C)cs1. The summed E-state index contributed by atoms with van der Waals surface area (Å²) in [7, 11) is 0. The third-order valence-corrected chi connectivity index (χ3v) is 4.75. The molecule has 1 saturated heterocycles. The first-order chi connectivity index (χ1) is 9.72. The van der Waals surface area contributed by atoms with E-state index in [0.29, 0.717) is 6.54 Å². The van der Waals surface area contributed by atoms with E-state index in [4.69, 9.17) is 4.74 Å². The third-order valence-electron chi connectivity index (χ3n) is 3.71. The van der Waals surface area contributed by atoms with E-state index < -0.39 is 0 Å². The van der Waals surface area contributed by atoms with Crippen LogP contribution in [0.5, 0.6) is 0 Å². The number of ether oxygens (including phenoxy) is 1. The van der Waals surface area contributed by atoms with Crippen LogP contribution in [0, 0.1) is 0 Å². The van der Waals surface area contributed by atoms with Crippen LogP contribution < -0.4 is 10.6 Å². The highest BCUT2D eigenvalue weighted by molar-refractivity contribution is 7.09. The number of carbonyl (C=O) groups is 1. The Balaban J connectivity index is 1.84. The molecule has 0 spiro atoms. The molecule has 0 aromatic carbocycles. The highest BCUT2D eigenvalue weighted by Crippen LogP contribution is 2.37. The van der Waals surface area contributed by atoms with Crippen molar-refractivity contribution >= 4 is 17.4 Å². The molecule has 1 aliphatic heterocycles. The quantitative estimate of drug-likeness (QED) is 0.899. The zero-order valence-electron chi connectivity index (χ0n) is 13.4. The molecule has 1 aliphatic rings. The average Bonchev–Trinajstić information content (AvgIpc) is 2.89. The fraction of sp³-hybridized carbons (Fsp3) is 0.733. The number of nitrogens with zero attached hydrogens (tertiary/aromatic N) is 1. The van der Waals surface area contributed by atoms with Crippen molar-refractivity contribution in [3.8, 4) is 0 Å². The van der Waals surface area contributed by atoms with Crippen molar-refractivity contribution in [2.75, 3.05) is 0 Å². The van der Waals surface area contributed by atoms with Crippen LogP contribution in [0.3, 0.4) is 0 Å². The van der Waals surface area contributed by atoms with Gasteiger partial charge in [-0.15, -0.1) is 11.3 Å². The second kappa shape index (κ2) is 5.93. The Kier molecular flexibility index (Phi) is 4.58. The van der Waals surface area contributed by atoms with Crippen molar-refractivity contribution in [2.45, 2.75) is 71.2 Å². The Morgan fingerprint density at radius 3 is 2.71 bits per heavy atom. The molecule has 0 unspecified atom stereocenters. The molecule has 118 valence electrons. The van der Waals surface area contributed by atoms with Crippen LogP contribution in [0.1, 0.15) is 51.7 Å². The van der Waals surface area contributed by atoms with Crippen molar-refractivity contribution in [2.24, 2.45) is 0 Å². The summed E-state index contributed by atoms with van der Waals surface area (Å²) >= 11 is 1.63. The molecule has 0 bridgehead atoms. The van der Waals surface area contributed by atoms with Gasteiger partial charge in [0.05, 0.1) is 34.5 Å². The normalized spacial score (nSPS) is 23.0. The van der Waals surface area contributed by atoms with Gasteiger partial charge in [-0.25, -0.2) is 9.78 Å². The van der Waals surface area contributed by atoms with E-state index >= 15 is 0 Å². The second-order valence-electron chi connectivity index (χ2n) is 6.64. The molecular formula is C15H25N3O2S. The summed E-state index contributed by atoms with van der Waals surface area (Å²) in [5.74, 6) is 0. The molecule has 2 N–H and O–H groups in total. The van der Waals surface area contributed by atoms with Gasteiger partial charge in [0, 0.05) is 5.38 Å². The van der Waals surface area contributed by atoms with Gasteiger partial charge in [-0.1, -0.05) is 6.92 Å². The van der Waals surface area contributed by atoms with Gasteiger partial charge in [-0.3, -0.25) is 0 Å². The number of amides is 2. The molecule has 5 nitrogen and oxygen atoms in total. The maximum atomic E-state index is 12.0. The third kappa shape index (κ3) is 4.17. The van der Waals surface area contributed by atoms with Crippen molar-refractivity contribution in [1.82, 2.24) is 15.6 Å². The van der Waals surface area contributed by atoms with Crippen LogP contribution in [0.25, 0.3) is 0 Å². The van der Waals surface area contributed by atoms with Crippen LogP contribution in [0.15, 0.2) is 5.38 Å². The fourth-order valence-electron chi connectivity index (χ4n) is 2.76. The molecule has 2 amide bonds. The minimum Gasteiger partial charge on any atom is -0.367 e. The Hall–Kier alpha value is -1.14. The van der Waals surface area contributed by atoms with E-state index in [1.54, 1.807) is 11.3 Å². The topological polar surface area (TPSA) is 63.2 Å². The standard InChI is InChI=1S/C15H25N3O2S/c1-6-12-17-10(9-21-12)8-16-13(19)18-11-7-14(2,3)20-15(11,4)5/h9,11H,6-8H2,1-5H3,(H2,16,18,19)/t11-/m1/s1. The van der Waals surface area contributed by atoms with E-state index in [-0.39, 0.29) is 23.3 Å². The number of thiazole rings is 1. The largest absolute Gasteiger partial charge is 0.367 e. The molecule has 1 aromatic rings. The van der Waals surface area contributed by atoms with Gasteiger partial charge >= 0.3 is 6.03 Å². The molecule has 0 saturated carbocycles. The Bertz CT molecular complexity index is 511. The first-order valence-corrected chi connectivity index (χ1v) is 8.27. The lowest BCUT2D eigenvalue weighted by atomic mass is 9.95. The molecule has 1 aromatic heterocycles. The van der Waals surface area contributed by atoms with Gasteiger partial charge in [0.2, 0.25) is 0 Å². The highest BCUT2D eigenvalue weighted by atomic mass is 32.1. The van der Waals surface area contributed by atoms with E-state index in [2.05, 4.69) is 36.4 Å². The van der Waals surface area contributed by atoms with Crippen molar-refractivity contribution in [3.05, 3.63) is 16.1 Å². The van der Waals surface area contributed by atoms with Gasteiger partial charge < -0.3 is 15.4 Å². The summed E-state index contributed by atoms with van der Waals surface area (Å²) in [5.41, 5.74) is 0.359. The first-order valence-electron chi connectivity index (χ1n) is 7.40. The smallest absolute Gasteiger partial charge is 0.315 e. The number of hydrogen-bond donors (Lipinski definition) is 2. The number of urea groups is 1. The van der Waals surface area contributed by atoms with Crippen LogP contribution in [-0.2, 0) is 17.7 Å². The van der Waals surface area contributed by atoms with Crippen molar-refractivity contribution in [1.29, 1.82) is 0 Å². The number of carbonyl (C=O) groups excluding carboxylic acids is 1. The molecule has 21 heavy (non-hydrogen) atoms. The first kappa shape index (κ1) is 16.2. The lowest BCUT2D eigenvalue weighted by Gasteiger charge is -2.27. The maximum absolute atomic E-state index is 12.0. The average molecular weight is 311 g/mol. The van der Waals surface area contributed by atoms with Gasteiger partial charge in [0.15, 0.2) is 0 Å². The van der Waals surface area contributed by atoms with E-state index in [9.17, 15) is 4.79 Å². The molecule has 2 heterocycles. The van der Waals surface area contributed by atoms with E-state index in [1.807, 2.05) is 19.2 Å². The van der Waals surface area contributed by atoms with Gasteiger partial charge in [0.25, 0.3) is 0 Å². The van der Waals surface area contributed by atoms with Gasteiger partial charge in [-0.2, -0.15) is 0 Å². The number of aryl methyl sites for hydroxylation is 1. The summed E-state index contributed by atoms with van der Waals surface area (Å²) in [6, 6.07) is -0.158. The fourth-order valence-corrected chi connectivity index (χ4v) is 3.50. The molecule has 1 atom stereocenters. The summed E-state index contributed by atoms with van der Waals surface area (Å²) in [6.07, 6.45) is 1.74. The predicted octanol–water partition coefficient (Wildman–Crippen LogP) is 2.85. The Morgan fingerprint density at radius 2 is 2.19 bits per heavy atom. The summed E-state index contributed by atoms with van der Waals surface area (Å²) in [5, 5.41) is 8.97. The monoisotopic (exact) mass is 311 g/mol. The zero-order chi connectivity index (χ0) is 15.7. The number of rotatable bonds is 4. The van der Waals surface area contributed by atoms with Crippen molar-refractivity contribution in [3.63, 3.8) is 0 Å². The van der Waals surface area contributed by atoms with Crippen LogP contribution in [-0.4, -0.2) is 28.3 Å². The highest BCUT2D eigenvalue weighted by Gasteiger charge is 2.46. The molecular weight excluding hydrogens is 286 g/mol. The van der Waals surface area contributed by atoms with Crippen LogP contribution in [0.4, 0.5) is 4.79 Å². The number of aromatic nitrogens is 1. The Labute approximate surface area is 130 Å². The Morgan fingerprint density at radius 1 is 1.48 bits per heavy atom. The predicted molar refractivity (Wildman–Crippen MR) is 84.5 cm³/mol. The number of hydrogen-bond acceptors (Lipinski definition) is 4. The summed E-state index contributed by atoms with van der Waals surface area (Å²) in [4.78, 5) is 16.5. The molecule has 0 aliphatic carbocycles. The molecule has 0 radical (unpaired) electrons. The maximum Gasteiger partial charge on any atom is 0.315 e. The summed E-state index contributed by atoms with van der Waals surface area (Å²) < 4.78 is 5.98. The molecule has 6 heteroatoms. The number of nitrogens with one attached hydrogen (secondary N) is 2. The molecule has 2 rings (SSSR count). The van der Waals surface area contributed by atoms with Crippen molar-refractivity contribution < 1.29 is 9.53 Å². The minimum atomic E-state index is -0.350. The lowest BCUT2D eigenvalue weighted by molar-refractivity contribution is -0.0690. The van der Waals surface area contributed by atoms with E-state index in [1.165, 1.54) is 0 Å². The zero-order valence-corrected chi connectivity index (χ0v) is 14.3. The second-order valence-corrected chi connectivity index (χ2v) is 7.58. The lowest BCUT2D eigenvalue weighted by Crippen LogP contribution is -2.49. The van der Waals surface area contributed by atoms with Gasteiger partial charge in [0.1, 0.15) is 0 Å². The van der Waals surface area contributed by atoms with Crippen LogP contribution in [0.2, 0.25) is 0 Å². The van der Waals surface area contributed by atoms with Crippen LogP contribution >= 0.6 is 11.3 Å². The summed E-state index contributed by atoms with van der Waals surface area (Å²) in [6.45, 7) is 10.7. The molecule has 1 fully saturated rings. The minimum absolute atomic E-state index is 0.00846.